The Labute approximate surface area is 131 Å². The van der Waals surface area contributed by atoms with Gasteiger partial charge in [-0.25, -0.2) is 0 Å². The molecule has 0 fully saturated rings. The highest BCUT2D eigenvalue weighted by molar-refractivity contribution is 5.78. The van der Waals surface area contributed by atoms with Gasteiger partial charge >= 0.3 is 0 Å². The molecule has 0 saturated carbocycles. The zero-order valence-corrected chi connectivity index (χ0v) is 13.4. The third-order valence-corrected chi connectivity index (χ3v) is 3.18. The third-order valence-electron chi connectivity index (χ3n) is 3.18. The number of ether oxygens (including phenoxy) is 4. The van der Waals surface area contributed by atoms with Crippen molar-refractivity contribution in [2.45, 2.75) is 13.8 Å². The quantitative estimate of drug-likeness (QED) is 0.775. The van der Waals surface area contributed by atoms with E-state index in [2.05, 4.69) is 6.07 Å². The molecular formula is C18H21O4. The fraction of sp³-hybridized carbons (Fsp3) is 0.333. The van der Waals surface area contributed by atoms with Gasteiger partial charge in [-0.1, -0.05) is 0 Å². The summed E-state index contributed by atoms with van der Waals surface area (Å²) in [6, 6.07) is 12.5. The van der Waals surface area contributed by atoms with Gasteiger partial charge in [0.2, 0.25) is 0 Å². The highest BCUT2D eigenvalue weighted by Gasteiger charge is 2.16. The molecule has 1 radical (unpaired) electrons. The van der Waals surface area contributed by atoms with Gasteiger partial charge in [0.1, 0.15) is 11.5 Å². The van der Waals surface area contributed by atoms with Crippen LogP contribution in [0.1, 0.15) is 13.8 Å². The van der Waals surface area contributed by atoms with Crippen LogP contribution in [0.5, 0.6) is 23.0 Å². The van der Waals surface area contributed by atoms with Crippen LogP contribution >= 0.6 is 0 Å². The lowest BCUT2D eigenvalue weighted by Crippen LogP contribution is -1.99. The van der Waals surface area contributed by atoms with Crippen LogP contribution < -0.4 is 18.9 Å². The first-order chi connectivity index (χ1) is 10.7. The molecule has 0 bridgehead atoms. The van der Waals surface area contributed by atoms with Crippen LogP contribution in [0.15, 0.2) is 30.3 Å². The van der Waals surface area contributed by atoms with Crippen molar-refractivity contribution in [3.05, 3.63) is 36.4 Å². The molecule has 0 atom stereocenters. The van der Waals surface area contributed by atoms with Crippen molar-refractivity contribution in [2.24, 2.45) is 0 Å². The van der Waals surface area contributed by atoms with Gasteiger partial charge in [-0.3, -0.25) is 0 Å². The highest BCUT2D eigenvalue weighted by Crippen LogP contribution is 2.42. The number of benzene rings is 2. The molecule has 2 aromatic rings. The molecule has 0 unspecified atom stereocenters. The molecule has 0 aliphatic carbocycles. The largest absolute Gasteiger partial charge is 0.494 e. The van der Waals surface area contributed by atoms with Crippen molar-refractivity contribution >= 4 is 0 Å². The molecule has 0 aromatic heterocycles. The lowest BCUT2D eigenvalue weighted by Gasteiger charge is -2.16. The molecule has 0 aliphatic rings. The standard InChI is InChI=1S/C18H21O4/c1-5-21-13-10-11-14(17(12-13)22-6-2)15-8-7-9-16(19-3)18(15)20-4/h7-8,10-12H,5-6H2,1-4H3. The number of methoxy groups -OCH3 is 2. The van der Waals surface area contributed by atoms with E-state index in [0.29, 0.717) is 24.7 Å². The summed E-state index contributed by atoms with van der Waals surface area (Å²) in [7, 11) is 3.21. The van der Waals surface area contributed by atoms with Gasteiger partial charge in [0.25, 0.3) is 0 Å². The summed E-state index contributed by atoms with van der Waals surface area (Å²) in [4.78, 5) is 0. The van der Waals surface area contributed by atoms with Crippen LogP contribution in [0, 0.1) is 6.07 Å². The predicted molar refractivity (Wildman–Crippen MR) is 86.2 cm³/mol. The van der Waals surface area contributed by atoms with Crippen molar-refractivity contribution in [3.8, 4) is 34.1 Å². The fourth-order valence-corrected chi connectivity index (χ4v) is 2.29. The first-order valence-electron chi connectivity index (χ1n) is 7.27. The number of hydrogen-bond acceptors (Lipinski definition) is 4. The van der Waals surface area contributed by atoms with E-state index in [1.54, 1.807) is 14.2 Å². The van der Waals surface area contributed by atoms with Crippen molar-refractivity contribution in [2.75, 3.05) is 27.4 Å². The Morgan fingerprint density at radius 2 is 1.68 bits per heavy atom. The van der Waals surface area contributed by atoms with Gasteiger partial charge in [0.05, 0.1) is 27.4 Å². The Kier molecular flexibility index (Phi) is 5.53. The van der Waals surface area contributed by atoms with Crippen LogP contribution in [0.4, 0.5) is 0 Å². The monoisotopic (exact) mass is 301 g/mol. The molecule has 4 nitrogen and oxygen atoms in total. The van der Waals surface area contributed by atoms with E-state index in [4.69, 9.17) is 18.9 Å². The van der Waals surface area contributed by atoms with E-state index in [0.717, 1.165) is 22.6 Å². The summed E-state index contributed by atoms with van der Waals surface area (Å²) in [6.07, 6.45) is 0. The first-order valence-corrected chi connectivity index (χ1v) is 7.27. The van der Waals surface area contributed by atoms with E-state index in [9.17, 15) is 0 Å². The second kappa shape index (κ2) is 7.59. The molecule has 0 aliphatic heterocycles. The maximum absolute atomic E-state index is 5.76. The summed E-state index contributed by atoms with van der Waals surface area (Å²) < 4.78 is 22.1. The summed E-state index contributed by atoms with van der Waals surface area (Å²) in [5.41, 5.74) is 1.82. The minimum absolute atomic E-state index is 0.566. The fourth-order valence-electron chi connectivity index (χ4n) is 2.29. The molecular weight excluding hydrogens is 280 g/mol. The van der Waals surface area contributed by atoms with Gasteiger partial charge in [-0.05, 0) is 38.1 Å². The van der Waals surface area contributed by atoms with Crippen molar-refractivity contribution in [1.82, 2.24) is 0 Å². The molecule has 0 spiro atoms. The first kappa shape index (κ1) is 16.0. The number of hydrogen-bond donors (Lipinski definition) is 0. The zero-order chi connectivity index (χ0) is 15.9. The van der Waals surface area contributed by atoms with Crippen LogP contribution in [0.25, 0.3) is 11.1 Å². The molecule has 4 heteroatoms. The van der Waals surface area contributed by atoms with Gasteiger partial charge in [0.15, 0.2) is 11.5 Å². The van der Waals surface area contributed by atoms with Gasteiger partial charge in [-0.15, -0.1) is 0 Å². The Hall–Kier alpha value is -2.36. The summed E-state index contributed by atoms with van der Waals surface area (Å²) in [5, 5.41) is 0. The topological polar surface area (TPSA) is 36.9 Å². The summed E-state index contributed by atoms with van der Waals surface area (Å²) >= 11 is 0. The van der Waals surface area contributed by atoms with Gasteiger partial charge < -0.3 is 18.9 Å². The smallest absolute Gasteiger partial charge is 0.169 e. The molecule has 0 N–H and O–H groups in total. The molecule has 2 aromatic carbocycles. The van der Waals surface area contributed by atoms with E-state index in [-0.39, 0.29) is 0 Å². The van der Waals surface area contributed by atoms with Gasteiger partial charge in [-0.2, -0.15) is 0 Å². The van der Waals surface area contributed by atoms with Crippen LogP contribution in [-0.4, -0.2) is 27.4 Å². The Balaban J connectivity index is 2.56. The third kappa shape index (κ3) is 3.27. The lowest BCUT2D eigenvalue weighted by molar-refractivity contribution is 0.323. The SMILES string of the molecule is CCOc1ccc(-c2cc[c]c(OC)c2OC)c(OCC)c1. The van der Waals surface area contributed by atoms with E-state index in [1.165, 1.54) is 0 Å². The molecule has 0 heterocycles. The van der Waals surface area contributed by atoms with Gasteiger partial charge in [0, 0.05) is 23.3 Å². The highest BCUT2D eigenvalue weighted by atomic mass is 16.5. The Morgan fingerprint density at radius 3 is 2.32 bits per heavy atom. The molecule has 22 heavy (non-hydrogen) atoms. The maximum atomic E-state index is 5.76. The maximum Gasteiger partial charge on any atom is 0.169 e. The average Bonchev–Trinajstić information content (AvgIpc) is 2.55. The Bertz CT molecular complexity index is 622. The second-order valence-electron chi connectivity index (χ2n) is 4.48. The predicted octanol–water partition coefficient (Wildman–Crippen LogP) is 3.97. The minimum Gasteiger partial charge on any atom is -0.494 e. The lowest BCUT2D eigenvalue weighted by atomic mass is 10.0. The molecule has 2 rings (SSSR count). The van der Waals surface area contributed by atoms with E-state index >= 15 is 0 Å². The Morgan fingerprint density at radius 1 is 0.909 bits per heavy atom. The number of rotatable bonds is 7. The van der Waals surface area contributed by atoms with E-state index in [1.807, 2.05) is 44.2 Å². The van der Waals surface area contributed by atoms with Crippen LogP contribution in [-0.2, 0) is 0 Å². The van der Waals surface area contributed by atoms with Crippen LogP contribution in [0.3, 0.4) is 0 Å². The van der Waals surface area contributed by atoms with E-state index < -0.39 is 0 Å². The molecule has 117 valence electrons. The van der Waals surface area contributed by atoms with Crippen molar-refractivity contribution in [3.63, 3.8) is 0 Å². The zero-order valence-electron chi connectivity index (χ0n) is 13.4. The second-order valence-corrected chi connectivity index (χ2v) is 4.48. The van der Waals surface area contributed by atoms with Crippen LogP contribution in [0.2, 0.25) is 0 Å². The van der Waals surface area contributed by atoms with Crippen molar-refractivity contribution < 1.29 is 18.9 Å². The normalized spacial score (nSPS) is 10.2. The average molecular weight is 301 g/mol. The summed E-state index contributed by atoms with van der Waals surface area (Å²) in [6.45, 7) is 5.09. The summed E-state index contributed by atoms with van der Waals surface area (Å²) in [5.74, 6) is 2.73. The minimum atomic E-state index is 0.566. The molecule has 0 amide bonds. The van der Waals surface area contributed by atoms with Crippen molar-refractivity contribution in [1.29, 1.82) is 0 Å². The molecule has 0 saturated heterocycles.